The molecule has 0 atom stereocenters. The van der Waals surface area contributed by atoms with E-state index in [0.717, 1.165) is 29.1 Å². The van der Waals surface area contributed by atoms with Crippen molar-refractivity contribution in [3.63, 3.8) is 0 Å². The van der Waals surface area contributed by atoms with Crippen molar-refractivity contribution in [1.82, 2.24) is 30.3 Å². The number of nitrogens with zero attached hydrogens (tertiary/aromatic N) is 4. The highest BCUT2D eigenvalue weighted by Gasteiger charge is 2.28. The van der Waals surface area contributed by atoms with Gasteiger partial charge in [0.1, 0.15) is 16.4 Å². The minimum atomic E-state index is -0.284. The van der Waals surface area contributed by atoms with Gasteiger partial charge in [-0.2, -0.15) is 10.2 Å². The molecule has 0 spiro atoms. The van der Waals surface area contributed by atoms with Crippen LogP contribution in [-0.4, -0.2) is 48.6 Å². The minimum Gasteiger partial charge on any atom is -0.393 e. The third-order valence-corrected chi connectivity index (χ3v) is 6.10. The number of thiazole rings is 1. The summed E-state index contributed by atoms with van der Waals surface area (Å²) in [6.07, 6.45) is 12.6. The van der Waals surface area contributed by atoms with Gasteiger partial charge in [0.2, 0.25) is 0 Å². The molecule has 0 radical (unpaired) electrons. The largest absolute Gasteiger partial charge is 0.393 e. The van der Waals surface area contributed by atoms with Crippen LogP contribution < -0.4 is 10.6 Å². The van der Waals surface area contributed by atoms with E-state index in [2.05, 4.69) is 25.8 Å². The Morgan fingerprint density at radius 1 is 1.40 bits per heavy atom. The summed E-state index contributed by atoms with van der Waals surface area (Å²) in [5.74, 6) is 0.119. The van der Waals surface area contributed by atoms with Crippen LogP contribution in [0.3, 0.4) is 0 Å². The number of dihydropyridines is 1. The summed E-state index contributed by atoms with van der Waals surface area (Å²) in [5.41, 5.74) is 3.38. The molecular formula is C20H21N7O2S. The molecule has 3 aromatic rings. The number of nitrogens with one attached hydrogen (secondary N) is 3. The third kappa shape index (κ3) is 3.79. The van der Waals surface area contributed by atoms with Crippen molar-refractivity contribution in [3.05, 3.63) is 53.6 Å². The molecule has 10 heteroatoms. The van der Waals surface area contributed by atoms with Crippen LogP contribution in [0.2, 0.25) is 0 Å². The van der Waals surface area contributed by atoms with Crippen molar-refractivity contribution < 1.29 is 9.90 Å². The number of allylic oxidation sites excluding steroid dienone is 2. The molecule has 5 rings (SSSR count). The Labute approximate surface area is 176 Å². The fourth-order valence-electron chi connectivity index (χ4n) is 3.61. The van der Waals surface area contributed by atoms with E-state index in [1.165, 1.54) is 11.3 Å². The first-order valence-electron chi connectivity index (χ1n) is 9.78. The van der Waals surface area contributed by atoms with Crippen molar-refractivity contribution in [2.24, 2.45) is 5.92 Å². The van der Waals surface area contributed by atoms with E-state index in [1.807, 2.05) is 29.1 Å². The van der Waals surface area contributed by atoms with Crippen molar-refractivity contribution >= 4 is 28.6 Å². The number of aliphatic hydroxyl groups is 1. The Kier molecular flexibility index (Phi) is 4.93. The maximum atomic E-state index is 12.9. The molecule has 0 aromatic carbocycles. The molecule has 1 amide bonds. The van der Waals surface area contributed by atoms with Gasteiger partial charge in [-0.3, -0.25) is 14.6 Å². The molecule has 154 valence electrons. The average molecular weight is 424 g/mol. The van der Waals surface area contributed by atoms with E-state index >= 15 is 0 Å². The molecule has 1 aliphatic carbocycles. The third-order valence-electron chi connectivity index (χ3n) is 5.21. The molecule has 4 heterocycles. The SMILES string of the molecule is O=C(Nc1cn(CC2CC(O)C2)nc1C1=CC=CCN1)c1csc(-c2cn[nH]c2)n1. The van der Waals surface area contributed by atoms with Crippen LogP contribution in [0.25, 0.3) is 16.3 Å². The topological polar surface area (TPSA) is 121 Å². The number of aromatic amines is 1. The summed E-state index contributed by atoms with van der Waals surface area (Å²) in [6, 6.07) is 0. The maximum absolute atomic E-state index is 12.9. The van der Waals surface area contributed by atoms with Gasteiger partial charge in [-0.15, -0.1) is 11.3 Å². The minimum absolute atomic E-state index is 0.203. The second-order valence-electron chi connectivity index (χ2n) is 7.47. The normalized spacial score (nSPS) is 20.4. The molecule has 1 saturated carbocycles. The molecule has 2 aliphatic rings. The Morgan fingerprint density at radius 3 is 3.03 bits per heavy atom. The highest BCUT2D eigenvalue weighted by molar-refractivity contribution is 7.13. The van der Waals surface area contributed by atoms with E-state index in [-0.39, 0.29) is 12.0 Å². The molecule has 3 aromatic heterocycles. The number of amides is 1. The molecule has 9 nitrogen and oxygen atoms in total. The quantitative estimate of drug-likeness (QED) is 0.483. The molecular weight excluding hydrogens is 402 g/mol. The summed E-state index contributed by atoms with van der Waals surface area (Å²) < 4.78 is 1.85. The predicted octanol–water partition coefficient (Wildman–Crippen LogP) is 2.25. The standard InChI is InChI=1S/C20H21N7O2S/c28-14-5-12(6-14)9-27-10-16(18(26-27)15-3-1-2-4-21-15)24-19(29)17-11-30-20(25-17)13-7-22-23-8-13/h1-3,7-8,10-12,14,21,28H,4-6,9H2,(H,22,23)(H,24,29). The van der Waals surface area contributed by atoms with Gasteiger partial charge in [0.05, 0.1) is 23.7 Å². The number of carbonyl (C=O) groups is 1. The fourth-order valence-corrected chi connectivity index (χ4v) is 4.39. The summed E-state index contributed by atoms with van der Waals surface area (Å²) in [5, 5.41) is 29.7. The highest BCUT2D eigenvalue weighted by Crippen LogP contribution is 2.30. The number of aromatic nitrogens is 5. The number of hydrogen-bond acceptors (Lipinski definition) is 7. The van der Waals surface area contributed by atoms with Gasteiger partial charge in [0, 0.05) is 36.4 Å². The van der Waals surface area contributed by atoms with Crippen LogP contribution in [0.15, 0.2) is 42.2 Å². The van der Waals surface area contributed by atoms with Gasteiger partial charge in [0.15, 0.2) is 0 Å². The lowest BCUT2D eigenvalue weighted by molar-refractivity contribution is 0.0336. The number of anilines is 1. The lowest BCUT2D eigenvalue weighted by Gasteiger charge is -2.31. The smallest absolute Gasteiger partial charge is 0.275 e. The molecule has 30 heavy (non-hydrogen) atoms. The van der Waals surface area contributed by atoms with Crippen LogP contribution in [0, 0.1) is 5.92 Å². The van der Waals surface area contributed by atoms with Gasteiger partial charge in [-0.1, -0.05) is 12.2 Å². The summed E-state index contributed by atoms with van der Waals surface area (Å²) >= 11 is 1.39. The van der Waals surface area contributed by atoms with E-state index < -0.39 is 0 Å². The first-order valence-corrected chi connectivity index (χ1v) is 10.7. The van der Waals surface area contributed by atoms with E-state index in [4.69, 9.17) is 5.10 Å². The summed E-state index contributed by atoms with van der Waals surface area (Å²) in [6.45, 7) is 1.42. The van der Waals surface area contributed by atoms with E-state index in [0.29, 0.717) is 36.1 Å². The Bertz CT molecular complexity index is 1110. The van der Waals surface area contributed by atoms with Crippen molar-refractivity contribution in [2.45, 2.75) is 25.5 Å². The van der Waals surface area contributed by atoms with Crippen LogP contribution in [0.5, 0.6) is 0 Å². The number of carbonyl (C=O) groups excluding carboxylic acids is 1. The predicted molar refractivity (Wildman–Crippen MR) is 114 cm³/mol. The molecule has 1 aliphatic heterocycles. The Hall–Kier alpha value is -3.24. The van der Waals surface area contributed by atoms with E-state index in [9.17, 15) is 9.90 Å². The summed E-state index contributed by atoms with van der Waals surface area (Å²) in [4.78, 5) is 17.3. The zero-order valence-electron chi connectivity index (χ0n) is 16.1. The first kappa shape index (κ1) is 18.8. The fraction of sp³-hybridized carbons (Fsp3) is 0.300. The molecule has 0 unspecified atom stereocenters. The van der Waals surface area contributed by atoms with Gasteiger partial charge >= 0.3 is 0 Å². The second-order valence-corrected chi connectivity index (χ2v) is 8.33. The van der Waals surface area contributed by atoms with Crippen LogP contribution in [0.4, 0.5) is 5.69 Å². The van der Waals surface area contributed by atoms with Crippen molar-refractivity contribution in [1.29, 1.82) is 0 Å². The Balaban J connectivity index is 1.38. The molecule has 0 saturated heterocycles. The number of aliphatic hydroxyl groups excluding tert-OH is 1. The lowest BCUT2D eigenvalue weighted by Crippen LogP contribution is -2.31. The van der Waals surface area contributed by atoms with E-state index in [1.54, 1.807) is 17.8 Å². The monoisotopic (exact) mass is 423 g/mol. The average Bonchev–Trinajstić information content (AvgIpc) is 3.48. The van der Waals surface area contributed by atoms with Gasteiger partial charge in [0.25, 0.3) is 5.91 Å². The Morgan fingerprint density at radius 2 is 2.30 bits per heavy atom. The van der Waals surface area contributed by atoms with Crippen LogP contribution >= 0.6 is 11.3 Å². The van der Waals surface area contributed by atoms with Crippen LogP contribution in [0.1, 0.15) is 29.0 Å². The van der Waals surface area contributed by atoms with Gasteiger partial charge in [-0.25, -0.2) is 4.98 Å². The number of H-pyrrole nitrogens is 1. The van der Waals surface area contributed by atoms with Crippen molar-refractivity contribution in [2.75, 3.05) is 11.9 Å². The van der Waals surface area contributed by atoms with Crippen LogP contribution in [-0.2, 0) is 6.54 Å². The maximum Gasteiger partial charge on any atom is 0.275 e. The molecule has 4 N–H and O–H groups in total. The second kappa shape index (κ2) is 7.88. The first-order chi connectivity index (χ1) is 14.7. The zero-order chi connectivity index (χ0) is 20.5. The summed E-state index contributed by atoms with van der Waals surface area (Å²) in [7, 11) is 0. The highest BCUT2D eigenvalue weighted by atomic mass is 32.1. The molecule has 1 fully saturated rings. The van der Waals surface area contributed by atoms with Crippen molar-refractivity contribution in [3.8, 4) is 10.6 Å². The lowest BCUT2D eigenvalue weighted by atomic mass is 9.82. The van der Waals surface area contributed by atoms with Gasteiger partial charge < -0.3 is 15.7 Å². The zero-order valence-corrected chi connectivity index (χ0v) is 16.9. The van der Waals surface area contributed by atoms with Gasteiger partial charge in [-0.05, 0) is 24.8 Å². The number of rotatable bonds is 6. The molecule has 0 bridgehead atoms. The number of hydrogen-bond donors (Lipinski definition) is 4.